The molecule has 1 aromatic heterocycles. The number of benzene rings is 2. The Morgan fingerprint density at radius 3 is 2.46 bits per heavy atom. The van der Waals surface area contributed by atoms with Crippen LogP contribution in [0.25, 0.3) is 17.2 Å². The Labute approximate surface area is 213 Å². The van der Waals surface area contributed by atoms with E-state index in [-0.39, 0.29) is 30.0 Å². The molecular weight excluding hydrogens is 476 g/mol. The number of carbonyl (C=O) groups is 1. The average molecular weight is 504 g/mol. The first-order chi connectivity index (χ1) is 17.7. The first kappa shape index (κ1) is 24.9. The maximum atomic E-state index is 16.7. The lowest BCUT2D eigenvalue weighted by Gasteiger charge is -2.40. The number of carboxylic acid groups (broad SMARTS) is 1. The number of aliphatic hydroxyl groups is 1. The average Bonchev–Trinajstić information content (AvgIpc) is 3.47. The Bertz CT molecular complexity index is 1500. The predicted octanol–water partition coefficient (Wildman–Crippen LogP) is 6.28. The number of nitrogens with one attached hydrogen (secondary N) is 1. The van der Waals surface area contributed by atoms with Gasteiger partial charge in [-0.25, -0.2) is 13.6 Å². The van der Waals surface area contributed by atoms with Gasteiger partial charge in [-0.3, -0.25) is 0 Å². The predicted molar refractivity (Wildman–Crippen MR) is 138 cm³/mol. The van der Waals surface area contributed by atoms with Gasteiger partial charge in [0.15, 0.2) is 0 Å². The monoisotopic (exact) mass is 503 g/mol. The van der Waals surface area contributed by atoms with Crippen molar-refractivity contribution in [3.05, 3.63) is 111 Å². The van der Waals surface area contributed by atoms with Gasteiger partial charge in [0.1, 0.15) is 17.2 Å². The smallest absolute Gasteiger partial charge is 0.335 e. The number of halogens is 2. The highest BCUT2D eigenvalue weighted by molar-refractivity contribution is 6.06. The molecule has 0 saturated heterocycles. The second-order valence-corrected chi connectivity index (χ2v) is 9.53. The Morgan fingerprint density at radius 2 is 1.84 bits per heavy atom. The Hall–Kier alpha value is -3.81. The highest BCUT2D eigenvalue weighted by Gasteiger charge is 2.46. The molecule has 0 spiro atoms. The van der Waals surface area contributed by atoms with Gasteiger partial charge in [-0.1, -0.05) is 31.2 Å². The van der Waals surface area contributed by atoms with Crippen molar-refractivity contribution in [1.82, 2.24) is 4.98 Å². The SMILES string of the molecule is CC[C@@](O)(COC)C1=C(c2ccc(C(=O)O)cc2)C(F)=C2C(=Cc3cc[nH]c32)[C@@H]1c1ccc(F)c(C)c1. The third-order valence-corrected chi connectivity index (χ3v) is 7.34. The molecule has 3 N–H and O–H groups in total. The van der Waals surface area contributed by atoms with E-state index in [1.54, 1.807) is 44.3 Å². The van der Waals surface area contributed by atoms with Crippen molar-refractivity contribution in [3.63, 3.8) is 0 Å². The molecule has 2 aromatic carbocycles. The van der Waals surface area contributed by atoms with E-state index >= 15 is 4.39 Å². The number of fused-ring (bicyclic) bond motifs is 3. The van der Waals surface area contributed by atoms with Gasteiger partial charge in [-0.15, -0.1) is 0 Å². The van der Waals surface area contributed by atoms with Crippen LogP contribution in [0.1, 0.15) is 57.6 Å². The van der Waals surface area contributed by atoms with Gasteiger partial charge >= 0.3 is 5.97 Å². The number of ether oxygens (including phenoxy) is 1. The molecule has 0 amide bonds. The first-order valence-electron chi connectivity index (χ1n) is 12.1. The van der Waals surface area contributed by atoms with Gasteiger partial charge in [-0.05, 0) is 71.5 Å². The van der Waals surface area contributed by atoms with E-state index in [1.807, 2.05) is 12.1 Å². The zero-order valence-corrected chi connectivity index (χ0v) is 20.7. The summed E-state index contributed by atoms with van der Waals surface area (Å²) in [6.07, 6.45) is 3.87. The van der Waals surface area contributed by atoms with Crippen LogP contribution in [0.4, 0.5) is 8.78 Å². The molecule has 7 heteroatoms. The number of aryl methyl sites for hydroxylation is 1. The maximum absolute atomic E-state index is 16.7. The van der Waals surface area contributed by atoms with Crippen molar-refractivity contribution in [2.45, 2.75) is 31.8 Å². The Kier molecular flexibility index (Phi) is 6.22. The van der Waals surface area contributed by atoms with Crippen molar-refractivity contribution in [2.24, 2.45) is 0 Å². The number of aromatic carboxylic acids is 1. The van der Waals surface area contributed by atoms with Crippen LogP contribution in [-0.2, 0) is 4.74 Å². The normalized spacial score (nSPS) is 18.4. The third-order valence-electron chi connectivity index (χ3n) is 7.34. The van der Waals surface area contributed by atoms with Crippen molar-refractivity contribution in [2.75, 3.05) is 13.7 Å². The molecule has 0 saturated carbocycles. The summed E-state index contributed by atoms with van der Waals surface area (Å²) in [5, 5.41) is 21.4. The van der Waals surface area contributed by atoms with E-state index in [9.17, 15) is 19.4 Å². The fourth-order valence-electron chi connectivity index (χ4n) is 5.48. The quantitative estimate of drug-likeness (QED) is 0.355. The lowest BCUT2D eigenvalue weighted by atomic mass is 9.67. The molecule has 5 nitrogen and oxygen atoms in total. The molecule has 1 heterocycles. The van der Waals surface area contributed by atoms with Crippen LogP contribution in [0.3, 0.4) is 0 Å². The topological polar surface area (TPSA) is 82.6 Å². The number of hydrogen-bond donors (Lipinski definition) is 3. The van der Waals surface area contributed by atoms with Crippen LogP contribution in [0.15, 0.2) is 71.7 Å². The molecule has 0 aliphatic heterocycles. The minimum Gasteiger partial charge on any atom is -0.478 e. The summed E-state index contributed by atoms with van der Waals surface area (Å²) < 4.78 is 36.5. The Morgan fingerprint density at radius 1 is 1.11 bits per heavy atom. The van der Waals surface area contributed by atoms with Crippen LogP contribution in [0, 0.1) is 12.7 Å². The summed E-state index contributed by atoms with van der Waals surface area (Å²) in [7, 11) is 1.47. The van der Waals surface area contributed by atoms with Crippen LogP contribution in [-0.4, -0.2) is 40.5 Å². The van der Waals surface area contributed by atoms with Crippen molar-refractivity contribution in [1.29, 1.82) is 0 Å². The lowest BCUT2D eigenvalue weighted by molar-refractivity contribution is -0.00793. The number of aromatic amines is 1. The largest absolute Gasteiger partial charge is 0.478 e. The summed E-state index contributed by atoms with van der Waals surface area (Å²) >= 11 is 0. The molecular formula is C30H27F2NO4. The summed E-state index contributed by atoms with van der Waals surface area (Å²) in [5.41, 5.74) is 3.12. The zero-order chi connectivity index (χ0) is 26.5. The minimum atomic E-state index is -1.57. The van der Waals surface area contributed by atoms with E-state index in [0.29, 0.717) is 39.1 Å². The standard InChI is InChI=1S/C30H27F2NO4/c1-4-30(36,15-37-3)26-23(19-9-10-22(31)16(2)13-19)21-14-20-11-12-33-28(20)25(21)27(32)24(26)17-5-7-18(8-6-17)29(34)35/h5-14,23,33,36H,4,15H2,1-3H3,(H,34,35)/t23-,30+/m0/s1. The summed E-state index contributed by atoms with van der Waals surface area (Å²) in [6.45, 7) is 3.38. The van der Waals surface area contributed by atoms with Gasteiger partial charge in [-0.2, -0.15) is 0 Å². The molecule has 0 bridgehead atoms. The third kappa shape index (κ3) is 3.95. The number of carboxylic acids is 1. The molecule has 2 aliphatic carbocycles. The van der Waals surface area contributed by atoms with Crippen molar-refractivity contribution in [3.8, 4) is 0 Å². The maximum Gasteiger partial charge on any atom is 0.335 e. The van der Waals surface area contributed by atoms with E-state index in [2.05, 4.69) is 4.98 Å². The molecule has 190 valence electrons. The van der Waals surface area contributed by atoms with Crippen LogP contribution in [0.5, 0.6) is 0 Å². The fraction of sp³-hybridized carbons (Fsp3) is 0.233. The number of rotatable bonds is 7. The molecule has 37 heavy (non-hydrogen) atoms. The molecule has 5 rings (SSSR count). The van der Waals surface area contributed by atoms with Crippen molar-refractivity contribution >= 4 is 23.2 Å². The lowest BCUT2D eigenvalue weighted by Crippen LogP contribution is -2.40. The minimum absolute atomic E-state index is 0.0660. The Balaban J connectivity index is 1.88. The fourth-order valence-corrected chi connectivity index (χ4v) is 5.48. The molecule has 0 fully saturated rings. The van der Waals surface area contributed by atoms with Crippen LogP contribution >= 0.6 is 0 Å². The number of methoxy groups -OCH3 is 1. The van der Waals surface area contributed by atoms with Crippen LogP contribution < -0.4 is 0 Å². The number of allylic oxidation sites excluding steroid dienone is 4. The second kappa shape index (κ2) is 9.25. The molecule has 3 aromatic rings. The van der Waals surface area contributed by atoms with E-state index in [4.69, 9.17) is 4.74 Å². The summed E-state index contributed by atoms with van der Waals surface area (Å²) in [5.74, 6) is -2.58. The molecule has 0 unspecified atom stereocenters. The highest BCUT2D eigenvalue weighted by atomic mass is 19.1. The zero-order valence-electron chi connectivity index (χ0n) is 20.7. The molecule has 2 aliphatic rings. The van der Waals surface area contributed by atoms with Gasteiger partial charge in [0.25, 0.3) is 0 Å². The van der Waals surface area contributed by atoms with Crippen LogP contribution in [0.2, 0.25) is 0 Å². The van der Waals surface area contributed by atoms with Gasteiger partial charge in [0.05, 0.1) is 17.9 Å². The molecule has 2 atom stereocenters. The van der Waals surface area contributed by atoms with Gasteiger partial charge < -0.3 is 19.9 Å². The van der Waals surface area contributed by atoms with Gasteiger partial charge in [0, 0.05) is 35.9 Å². The summed E-state index contributed by atoms with van der Waals surface area (Å²) in [6, 6.07) is 12.6. The number of aromatic nitrogens is 1. The van der Waals surface area contributed by atoms with E-state index in [1.165, 1.54) is 25.3 Å². The van der Waals surface area contributed by atoms with Gasteiger partial charge in [0.2, 0.25) is 0 Å². The summed E-state index contributed by atoms with van der Waals surface area (Å²) in [4.78, 5) is 14.6. The molecule has 0 radical (unpaired) electrons. The van der Waals surface area contributed by atoms with Crippen molar-refractivity contribution < 1.29 is 28.5 Å². The van der Waals surface area contributed by atoms with E-state index in [0.717, 1.165) is 5.56 Å². The number of H-pyrrole nitrogens is 1. The van der Waals surface area contributed by atoms with E-state index < -0.39 is 23.3 Å². The highest BCUT2D eigenvalue weighted by Crippen LogP contribution is 2.57. The number of hydrogen-bond acceptors (Lipinski definition) is 3. The second-order valence-electron chi connectivity index (χ2n) is 9.53. The first-order valence-corrected chi connectivity index (χ1v) is 12.1.